The van der Waals surface area contributed by atoms with E-state index < -0.39 is 0 Å². The van der Waals surface area contributed by atoms with Crippen LogP contribution < -0.4 is 0 Å². The zero-order valence-corrected chi connectivity index (χ0v) is 16.3. The van der Waals surface area contributed by atoms with Crippen molar-refractivity contribution < 1.29 is 23.7 Å². The molecule has 5 nitrogen and oxygen atoms in total. The van der Waals surface area contributed by atoms with Gasteiger partial charge in [-0.2, -0.15) is 0 Å². The minimum Gasteiger partial charge on any atom is -0.358 e. The molecule has 3 saturated heterocycles. The second kappa shape index (κ2) is 4.81. The first-order valence-corrected chi connectivity index (χ1v) is 11.0. The number of rotatable bonds is 0. The van der Waals surface area contributed by atoms with Crippen LogP contribution in [0.15, 0.2) is 11.6 Å². The zero-order chi connectivity index (χ0) is 18.0. The van der Waals surface area contributed by atoms with Crippen molar-refractivity contribution in [3.05, 3.63) is 11.6 Å². The van der Waals surface area contributed by atoms with Gasteiger partial charge in [0.05, 0.1) is 26.4 Å². The molecule has 27 heavy (non-hydrogen) atoms. The van der Waals surface area contributed by atoms with Crippen molar-refractivity contribution in [2.75, 3.05) is 26.4 Å². The SMILES string of the molecule is CC12CC=C3C(CCC45CC6(CCC34O5)OCCO6)C1CCC21OCCO1. The van der Waals surface area contributed by atoms with Crippen molar-refractivity contribution >= 4 is 0 Å². The molecule has 5 heteroatoms. The zero-order valence-electron chi connectivity index (χ0n) is 16.3. The van der Waals surface area contributed by atoms with Crippen LogP contribution in [0.1, 0.15) is 58.3 Å². The summed E-state index contributed by atoms with van der Waals surface area (Å²) in [5.41, 5.74) is 1.67. The monoisotopic (exact) mass is 374 g/mol. The average molecular weight is 374 g/mol. The molecule has 0 aromatic heterocycles. The highest BCUT2D eigenvalue weighted by Gasteiger charge is 2.80. The fourth-order valence-corrected chi connectivity index (χ4v) is 8.22. The van der Waals surface area contributed by atoms with Crippen LogP contribution in [0, 0.1) is 17.3 Å². The Morgan fingerprint density at radius 2 is 1.67 bits per heavy atom. The number of ether oxygens (including phenoxy) is 5. The summed E-state index contributed by atoms with van der Waals surface area (Å²) in [6.07, 6.45) is 11.2. The first-order valence-electron chi connectivity index (χ1n) is 11.0. The smallest absolute Gasteiger partial charge is 0.174 e. The molecule has 3 saturated carbocycles. The van der Waals surface area contributed by atoms with E-state index in [2.05, 4.69) is 13.0 Å². The lowest BCUT2D eigenvalue weighted by molar-refractivity contribution is -0.228. The van der Waals surface area contributed by atoms with E-state index in [1.54, 1.807) is 5.57 Å². The normalized spacial score (nSPS) is 53.6. The Morgan fingerprint density at radius 1 is 0.889 bits per heavy atom. The fourth-order valence-electron chi connectivity index (χ4n) is 8.22. The van der Waals surface area contributed by atoms with Gasteiger partial charge in [0.1, 0.15) is 11.2 Å². The Morgan fingerprint density at radius 3 is 2.48 bits per heavy atom. The van der Waals surface area contributed by atoms with Gasteiger partial charge in [-0.25, -0.2) is 0 Å². The maximum atomic E-state index is 6.68. The third-order valence-corrected chi connectivity index (χ3v) is 9.47. The molecule has 148 valence electrons. The van der Waals surface area contributed by atoms with Crippen LogP contribution in [-0.2, 0) is 23.7 Å². The van der Waals surface area contributed by atoms with Gasteiger partial charge in [-0.3, -0.25) is 0 Å². The summed E-state index contributed by atoms with van der Waals surface area (Å²) < 4.78 is 31.3. The average Bonchev–Trinajstić information content (AvgIpc) is 3.04. The molecule has 6 fully saturated rings. The first-order chi connectivity index (χ1) is 13.1. The molecule has 4 aliphatic carbocycles. The first kappa shape index (κ1) is 16.3. The van der Waals surface area contributed by atoms with Gasteiger partial charge in [0.25, 0.3) is 0 Å². The highest BCUT2D eigenvalue weighted by molar-refractivity contribution is 5.43. The molecular weight excluding hydrogens is 344 g/mol. The standard InChI is InChI=1S/C22H30O5/c1-18-5-3-17-15(16(18)4-7-22(18)25-12-13-26-22)2-6-19-14-20(23-10-11-24-20)8-9-21(17,19)27-19/h3,15-16H,2,4-14H2,1H3. The van der Waals surface area contributed by atoms with Crippen molar-refractivity contribution in [1.82, 2.24) is 0 Å². The molecule has 5 unspecified atom stereocenters. The molecule has 0 radical (unpaired) electrons. The van der Waals surface area contributed by atoms with Crippen LogP contribution in [-0.4, -0.2) is 49.2 Å². The molecule has 3 aliphatic heterocycles. The quantitative estimate of drug-likeness (QED) is 0.481. The Bertz CT molecular complexity index is 720. The summed E-state index contributed by atoms with van der Waals surface area (Å²) in [7, 11) is 0. The minimum atomic E-state index is -0.362. The molecule has 5 atom stereocenters. The van der Waals surface area contributed by atoms with E-state index in [1.807, 2.05) is 0 Å². The predicted molar refractivity (Wildman–Crippen MR) is 95.9 cm³/mol. The van der Waals surface area contributed by atoms with Crippen LogP contribution in [0.4, 0.5) is 0 Å². The number of hydrogen-bond acceptors (Lipinski definition) is 5. The lowest BCUT2D eigenvalue weighted by atomic mass is 9.54. The molecule has 0 amide bonds. The van der Waals surface area contributed by atoms with Gasteiger partial charge in [-0.05, 0) is 49.5 Å². The molecule has 0 aromatic rings. The molecule has 3 heterocycles. The molecular formula is C22H30O5. The van der Waals surface area contributed by atoms with Crippen LogP contribution in [0.3, 0.4) is 0 Å². The van der Waals surface area contributed by atoms with Crippen molar-refractivity contribution in [3.63, 3.8) is 0 Å². The van der Waals surface area contributed by atoms with E-state index >= 15 is 0 Å². The Labute approximate surface area is 160 Å². The summed E-state index contributed by atoms with van der Waals surface area (Å²) in [6.45, 7) is 5.39. The van der Waals surface area contributed by atoms with E-state index in [0.717, 1.165) is 65.0 Å². The Balaban J connectivity index is 1.24. The summed E-state index contributed by atoms with van der Waals surface area (Å²) >= 11 is 0. The third-order valence-electron chi connectivity index (χ3n) is 9.47. The van der Waals surface area contributed by atoms with Gasteiger partial charge in [0.15, 0.2) is 11.6 Å². The van der Waals surface area contributed by atoms with Gasteiger partial charge in [-0.1, -0.05) is 13.0 Å². The van der Waals surface area contributed by atoms with Crippen molar-refractivity contribution in [1.29, 1.82) is 0 Å². The lowest BCUT2D eigenvalue weighted by Gasteiger charge is -2.51. The number of fused-ring (bicyclic) bond motifs is 4. The fraction of sp³-hybridized carbons (Fsp3) is 0.909. The van der Waals surface area contributed by atoms with E-state index in [4.69, 9.17) is 23.7 Å². The summed E-state index contributed by atoms with van der Waals surface area (Å²) in [5, 5.41) is 0. The van der Waals surface area contributed by atoms with Gasteiger partial charge < -0.3 is 23.7 Å². The number of hydrogen-bond donors (Lipinski definition) is 0. The van der Waals surface area contributed by atoms with E-state index in [0.29, 0.717) is 11.8 Å². The van der Waals surface area contributed by atoms with E-state index in [1.165, 1.54) is 12.8 Å². The second-order valence-electron chi connectivity index (χ2n) is 10.2. The third kappa shape index (κ3) is 1.73. The van der Waals surface area contributed by atoms with Gasteiger partial charge in [0, 0.05) is 24.7 Å². The second-order valence-corrected chi connectivity index (χ2v) is 10.2. The largest absolute Gasteiger partial charge is 0.358 e. The van der Waals surface area contributed by atoms with Crippen LogP contribution >= 0.6 is 0 Å². The van der Waals surface area contributed by atoms with E-state index in [-0.39, 0.29) is 28.2 Å². The maximum absolute atomic E-state index is 6.68. The van der Waals surface area contributed by atoms with Gasteiger partial charge in [0.2, 0.25) is 0 Å². The summed E-state index contributed by atoms with van der Waals surface area (Å²) in [5.74, 6) is 0.589. The Kier molecular flexibility index (Phi) is 2.91. The van der Waals surface area contributed by atoms with Crippen LogP contribution in [0.5, 0.6) is 0 Å². The molecule has 0 aromatic carbocycles. The van der Waals surface area contributed by atoms with Gasteiger partial charge in [-0.15, -0.1) is 0 Å². The molecule has 2 spiro atoms. The number of allylic oxidation sites excluding steroid dienone is 1. The predicted octanol–water partition coefficient (Wildman–Crippen LogP) is 3.32. The number of epoxide rings is 1. The molecule has 0 N–H and O–H groups in total. The molecule has 7 rings (SSSR count). The maximum Gasteiger partial charge on any atom is 0.174 e. The van der Waals surface area contributed by atoms with Crippen LogP contribution in [0.2, 0.25) is 0 Å². The van der Waals surface area contributed by atoms with Crippen LogP contribution in [0.25, 0.3) is 0 Å². The summed E-state index contributed by atoms with van der Waals surface area (Å²) in [4.78, 5) is 0. The lowest BCUT2D eigenvalue weighted by Crippen LogP contribution is -2.54. The molecule has 0 bridgehead atoms. The topological polar surface area (TPSA) is 49.5 Å². The minimum absolute atomic E-state index is 0.0229. The van der Waals surface area contributed by atoms with E-state index in [9.17, 15) is 0 Å². The summed E-state index contributed by atoms with van der Waals surface area (Å²) in [6, 6.07) is 0. The van der Waals surface area contributed by atoms with Gasteiger partial charge >= 0.3 is 0 Å². The Hall–Kier alpha value is -0.460. The van der Waals surface area contributed by atoms with Crippen molar-refractivity contribution in [3.8, 4) is 0 Å². The highest BCUT2D eigenvalue weighted by atomic mass is 16.7. The van der Waals surface area contributed by atoms with Crippen molar-refractivity contribution in [2.45, 2.75) is 81.1 Å². The van der Waals surface area contributed by atoms with Crippen molar-refractivity contribution in [2.24, 2.45) is 17.3 Å². The molecule has 7 aliphatic rings. The highest BCUT2D eigenvalue weighted by Crippen LogP contribution is 2.74.